The van der Waals surface area contributed by atoms with Crippen LogP contribution in [-0.4, -0.2) is 0 Å². The molecule has 0 unspecified atom stereocenters. The van der Waals surface area contributed by atoms with Gasteiger partial charge in [0.2, 0.25) is 0 Å². The van der Waals surface area contributed by atoms with Crippen LogP contribution in [0.15, 0.2) is 42.5 Å². The quantitative estimate of drug-likeness (QED) is 0.773. The fourth-order valence-electron chi connectivity index (χ4n) is 1.65. The normalized spacial score (nSPS) is 10.3. The highest BCUT2D eigenvalue weighted by Crippen LogP contribution is 2.20. The molecule has 0 saturated carbocycles. The lowest BCUT2D eigenvalue weighted by atomic mass is 10.1. The zero-order valence-corrected chi connectivity index (χ0v) is 10.0. The van der Waals surface area contributed by atoms with Crippen LogP contribution in [0.5, 0.6) is 5.75 Å². The molecular weight excluding hydrogens is 215 g/mol. The van der Waals surface area contributed by atoms with Gasteiger partial charge in [-0.1, -0.05) is 24.3 Å². The Balaban J connectivity index is 2.09. The van der Waals surface area contributed by atoms with E-state index >= 15 is 0 Å². The summed E-state index contributed by atoms with van der Waals surface area (Å²) in [6.45, 7) is 4.41. The number of hydrogen-bond donors (Lipinski definition) is 0. The zero-order valence-electron chi connectivity index (χ0n) is 10.0. The highest BCUT2D eigenvalue weighted by molar-refractivity contribution is 5.36. The van der Waals surface area contributed by atoms with Crippen LogP contribution < -0.4 is 4.74 Å². The molecule has 0 N–H and O–H groups in total. The van der Waals surface area contributed by atoms with E-state index in [9.17, 15) is 4.39 Å². The van der Waals surface area contributed by atoms with E-state index in [1.165, 1.54) is 12.1 Å². The second-order valence-corrected chi connectivity index (χ2v) is 4.19. The molecule has 0 saturated heterocycles. The van der Waals surface area contributed by atoms with Crippen molar-refractivity contribution >= 4 is 0 Å². The third kappa shape index (κ3) is 3.06. The number of hydrogen-bond acceptors (Lipinski definition) is 1. The van der Waals surface area contributed by atoms with Crippen LogP contribution in [-0.2, 0) is 6.61 Å². The van der Waals surface area contributed by atoms with Gasteiger partial charge in [0.1, 0.15) is 18.2 Å². The summed E-state index contributed by atoms with van der Waals surface area (Å²) in [5.41, 5.74) is 3.09. The number of halogens is 1. The molecule has 0 heterocycles. The van der Waals surface area contributed by atoms with Gasteiger partial charge in [0.05, 0.1) is 0 Å². The Morgan fingerprint density at radius 2 is 1.88 bits per heavy atom. The Hall–Kier alpha value is -1.83. The van der Waals surface area contributed by atoms with Gasteiger partial charge in [-0.3, -0.25) is 0 Å². The van der Waals surface area contributed by atoms with Crippen molar-refractivity contribution in [2.45, 2.75) is 20.5 Å². The minimum absolute atomic E-state index is 0.230. The molecule has 0 aliphatic heterocycles. The van der Waals surface area contributed by atoms with Crippen molar-refractivity contribution in [3.63, 3.8) is 0 Å². The number of ether oxygens (including phenoxy) is 1. The average molecular weight is 230 g/mol. The zero-order chi connectivity index (χ0) is 12.3. The summed E-state index contributed by atoms with van der Waals surface area (Å²) in [4.78, 5) is 0. The first-order valence-electron chi connectivity index (χ1n) is 5.59. The molecule has 0 aliphatic rings. The molecular formula is C15H15FO. The Morgan fingerprint density at radius 3 is 2.65 bits per heavy atom. The SMILES string of the molecule is Cc1ccc(C)c(OCc2cccc(F)c2)c1. The van der Waals surface area contributed by atoms with Crippen molar-refractivity contribution in [2.24, 2.45) is 0 Å². The molecule has 0 spiro atoms. The van der Waals surface area contributed by atoms with Gasteiger partial charge in [0, 0.05) is 0 Å². The van der Waals surface area contributed by atoms with Crippen molar-refractivity contribution in [1.82, 2.24) is 0 Å². The molecule has 0 aliphatic carbocycles. The molecule has 2 rings (SSSR count). The number of rotatable bonds is 3. The smallest absolute Gasteiger partial charge is 0.123 e. The second kappa shape index (κ2) is 5.00. The van der Waals surface area contributed by atoms with Gasteiger partial charge in [0.15, 0.2) is 0 Å². The van der Waals surface area contributed by atoms with Crippen molar-refractivity contribution in [2.75, 3.05) is 0 Å². The third-order valence-electron chi connectivity index (χ3n) is 2.63. The third-order valence-corrected chi connectivity index (χ3v) is 2.63. The lowest BCUT2D eigenvalue weighted by Gasteiger charge is -2.10. The van der Waals surface area contributed by atoms with Crippen LogP contribution in [0.25, 0.3) is 0 Å². The molecule has 0 amide bonds. The molecule has 88 valence electrons. The molecule has 0 atom stereocenters. The Kier molecular flexibility index (Phi) is 3.43. The molecule has 0 fully saturated rings. The van der Waals surface area contributed by atoms with Crippen molar-refractivity contribution in [3.8, 4) is 5.75 Å². The summed E-state index contributed by atoms with van der Waals surface area (Å²) in [6.07, 6.45) is 0. The van der Waals surface area contributed by atoms with Gasteiger partial charge in [-0.2, -0.15) is 0 Å². The minimum atomic E-state index is -0.230. The second-order valence-electron chi connectivity index (χ2n) is 4.19. The van der Waals surface area contributed by atoms with Crippen LogP contribution in [0.4, 0.5) is 4.39 Å². The van der Waals surface area contributed by atoms with Crippen LogP contribution in [0, 0.1) is 19.7 Å². The fourth-order valence-corrected chi connectivity index (χ4v) is 1.65. The van der Waals surface area contributed by atoms with E-state index < -0.39 is 0 Å². The maximum Gasteiger partial charge on any atom is 0.123 e. The van der Waals surface area contributed by atoms with E-state index in [4.69, 9.17) is 4.74 Å². The highest BCUT2D eigenvalue weighted by atomic mass is 19.1. The summed E-state index contributed by atoms with van der Waals surface area (Å²) >= 11 is 0. The van der Waals surface area contributed by atoms with Crippen LogP contribution in [0.3, 0.4) is 0 Å². The van der Waals surface area contributed by atoms with Crippen molar-refractivity contribution in [1.29, 1.82) is 0 Å². The predicted molar refractivity (Wildman–Crippen MR) is 66.6 cm³/mol. The van der Waals surface area contributed by atoms with Crippen molar-refractivity contribution in [3.05, 3.63) is 65.0 Å². The Labute approximate surface area is 101 Å². The van der Waals surface area contributed by atoms with Crippen LogP contribution in [0.2, 0.25) is 0 Å². The first-order chi connectivity index (χ1) is 8.15. The van der Waals surface area contributed by atoms with E-state index in [2.05, 4.69) is 0 Å². The van der Waals surface area contributed by atoms with Gasteiger partial charge in [0.25, 0.3) is 0 Å². The van der Waals surface area contributed by atoms with Crippen LogP contribution in [0.1, 0.15) is 16.7 Å². The fraction of sp³-hybridized carbons (Fsp3) is 0.200. The predicted octanol–water partition coefficient (Wildman–Crippen LogP) is 4.02. The molecule has 0 aromatic heterocycles. The maximum absolute atomic E-state index is 13.0. The number of aryl methyl sites for hydroxylation is 2. The lowest BCUT2D eigenvalue weighted by molar-refractivity contribution is 0.303. The molecule has 2 heteroatoms. The maximum atomic E-state index is 13.0. The molecule has 0 bridgehead atoms. The number of benzene rings is 2. The Morgan fingerprint density at radius 1 is 1.06 bits per heavy atom. The van der Waals surface area contributed by atoms with E-state index in [1.807, 2.05) is 38.1 Å². The highest BCUT2D eigenvalue weighted by Gasteiger charge is 2.01. The van der Waals surface area contributed by atoms with E-state index in [0.717, 1.165) is 22.4 Å². The molecule has 2 aromatic rings. The average Bonchev–Trinajstić information content (AvgIpc) is 2.30. The molecule has 2 aromatic carbocycles. The van der Waals surface area contributed by atoms with E-state index in [-0.39, 0.29) is 5.82 Å². The Bertz CT molecular complexity index is 520. The van der Waals surface area contributed by atoms with Gasteiger partial charge >= 0.3 is 0 Å². The summed E-state index contributed by atoms with van der Waals surface area (Å²) in [5, 5.41) is 0. The monoisotopic (exact) mass is 230 g/mol. The first-order valence-corrected chi connectivity index (χ1v) is 5.59. The summed E-state index contributed by atoms with van der Waals surface area (Å²) < 4.78 is 18.7. The van der Waals surface area contributed by atoms with Gasteiger partial charge < -0.3 is 4.74 Å². The first kappa shape index (κ1) is 11.6. The lowest BCUT2D eigenvalue weighted by Crippen LogP contribution is -1.97. The minimum Gasteiger partial charge on any atom is -0.489 e. The van der Waals surface area contributed by atoms with Gasteiger partial charge in [-0.05, 0) is 48.7 Å². The van der Waals surface area contributed by atoms with Gasteiger partial charge in [-0.15, -0.1) is 0 Å². The summed E-state index contributed by atoms with van der Waals surface area (Å²) in [5.74, 6) is 0.626. The molecule has 17 heavy (non-hydrogen) atoms. The molecule has 0 radical (unpaired) electrons. The summed E-state index contributed by atoms with van der Waals surface area (Å²) in [7, 11) is 0. The van der Waals surface area contributed by atoms with Crippen molar-refractivity contribution < 1.29 is 9.13 Å². The molecule has 1 nitrogen and oxygen atoms in total. The van der Waals surface area contributed by atoms with Crippen LogP contribution >= 0.6 is 0 Å². The van der Waals surface area contributed by atoms with E-state index in [0.29, 0.717) is 6.61 Å². The van der Waals surface area contributed by atoms with E-state index in [1.54, 1.807) is 6.07 Å². The standard InChI is InChI=1S/C15H15FO/c1-11-6-7-12(2)15(8-11)17-10-13-4-3-5-14(16)9-13/h3-9H,10H2,1-2H3. The topological polar surface area (TPSA) is 9.23 Å². The largest absolute Gasteiger partial charge is 0.489 e. The summed E-state index contributed by atoms with van der Waals surface area (Å²) in [6, 6.07) is 12.5. The van der Waals surface area contributed by atoms with Gasteiger partial charge in [-0.25, -0.2) is 4.39 Å².